The number of nitrogens with one attached hydrogen (secondary N) is 1. The number of phenols is 1. The largest absolute Gasteiger partial charge is 0.508 e. The summed E-state index contributed by atoms with van der Waals surface area (Å²) in [5.41, 5.74) is 2.49. The first-order valence-electron chi connectivity index (χ1n) is 7.87. The molecule has 0 aromatic heterocycles. The maximum atomic E-state index is 10.3. The summed E-state index contributed by atoms with van der Waals surface area (Å²) in [7, 11) is 1.66. The molecule has 0 fully saturated rings. The first-order chi connectivity index (χ1) is 11.4. The minimum Gasteiger partial charge on any atom is -0.508 e. The van der Waals surface area contributed by atoms with Crippen molar-refractivity contribution in [3.05, 3.63) is 58.1 Å². The van der Waals surface area contributed by atoms with Crippen LogP contribution in [-0.2, 0) is 0 Å². The van der Waals surface area contributed by atoms with Gasteiger partial charge >= 0.3 is 0 Å². The fourth-order valence-electron chi connectivity index (χ4n) is 3.06. The molecule has 126 valence electrons. The van der Waals surface area contributed by atoms with Crippen LogP contribution in [0.25, 0.3) is 0 Å². The number of hydrogen-bond acceptors (Lipinski definition) is 4. The molecule has 2 aromatic carbocycles. The Morgan fingerprint density at radius 2 is 2.04 bits per heavy atom. The second-order valence-electron chi connectivity index (χ2n) is 6.45. The van der Waals surface area contributed by atoms with Gasteiger partial charge in [-0.1, -0.05) is 28.1 Å². The van der Waals surface area contributed by atoms with Crippen molar-refractivity contribution in [2.45, 2.75) is 32.0 Å². The molecule has 0 unspecified atom stereocenters. The Kier molecular flexibility index (Phi) is 4.65. The number of nitrogens with zero attached hydrogens (tertiary/aromatic N) is 1. The molecular weight excluding hydrogens is 368 g/mol. The van der Waals surface area contributed by atoms with Crippen molar-refractivity contribution in [2.24, 2.45) is 4.99 Å². The summed E-state index contributed by atoms with van der Waals surface area (Å²) in [6.45, 7) is 4.07. The second-order valence-corrected chi connectivity index (χ2v) is 7.37. The maximum Gasteiger partial charge on any atom is 0.120 e. The predicted molar refractivity (Wildman–Crippen MR) is 99.9 cm³/mol. The molecule has 2 aromatic rings. The quantitative estimate of drug-likeness (QED) is 0.817. The molecule has 4 nitrogen and oxygen atoms in total. The van der Waals surface area contributed by atoms with Crippen LogP contribution in [0.15, 0.2) is 51.9 Å². The average Bonchev–Trinajstić information content (AvgIpc) is 2.55. The third-order valence-electron chi connectivity index (χ3n) is 4.11. The van der Waals surface area contributed by atoms with Gasteiger partial charge in [-0.25, -0.2) is 0 Å². The lowest BCUT2D eigenvalue weighted by atomic mass is 9.92. The van der Waals surface area contributed by atoms with Crippen molar-refractivity contribution in [1.82, 2.24) is 5.32 Å². The standard InChI is InChI=1S/C19H21BrN2O2/c1-19(2)21-16(12-5-4-6-14(9-12)24-3)11-17(22-19)15-10-13(20)7-8-18(15)23/h4-10,17,22-23H,11H2,1-3H3/t17-/m1/s1. The summed E-state index contributed by atoms with van der Waals surface area (Å²) >= 11 is 3.48. The number of hydrogen-bond donors (Lipinski definition) is 2. The lowest BCUT2D eigenvalue weighted by Crippen LogP contribution is -2.45. The Morgan fingerprint density at radius 3 is 2.79 bits per heavy atom. The van der Waals surface area contributed by atoms with Crippen molar-refractivity contribution < 1.29 is 9.84 Å². The molecule has 2 N–H and O–H groups in total. The van der Waals surface area contributed by atoms with Gasteiger partial charge in [0.1, 0.15) is 17.2 Å². The van der Waals surface area contributed by atoms with Crippen LogP contribution >= 0.6 is 15.9 Å². The maximum absolute atomic E-state index is 10.3. The van der Waals surface area contributed by atoms with E-state index in [1.165, 1.54) is 0 Å². The molecule has 0 spiro atoms. The van der Waals surface area contributed by atoms with E-state index in [1.807, 2.05) is 50.2 Å². The van der Waals surface area contributed by atoms with Crippen molar-refractivity contribution in [3.8, 4) is 11.5 Å². The zero-order valence-corrected chi connectivity index (χ0v) is 15.6. The van der Waals surface area contributed by atoms with E-state index in [9.17, 15) is 5.11 Å². The summed E-state index contributed by atoms with van der Waals surface area (Å²) in [6.07, 6.45) is 0.695. The van der Waals surface area contributed by atoms with Gasteiger partial charge in [0.15, 0.2) is 0 Å². The minimum atomic E-state index is -0.421. The molecule has 1 atom stereocenters. The zero-order valence-electron chi connectivity index (χ0n) is 14.0. The summed E-state index contributed by atoms with van der Waals surface area (Å²) in [6, 6.07) is 13.4. The molecule has 1 aliphatic rings. The van der Waals surface area contributed by atoms with Gasteiger partial charge in [-0.15, -0.1) is 0 Å². The van der Waals surface area contributed by atoms with Gasteiger partial charge in [0.25, 0.3) is 0 Å². The van der Waals surface area contributed by atoms with Crippen LogP contribution in [0.5, 0.6) is 11.5 Å². The fraction of sp³-hybridized carbons (Fsp3) is 0.316. The SMILES string of the molecule is COc1cccc(C2=NC(C)(C)N[C@@H](c3cc(Br)ccc3O)C2)c1. The lowest BCUT2D eigenvalue weighted by Gasteiger charge is -2.35. The summed E-state index contributed by atoms with van der Waals surface area (Å²) in [5, 5.41) is 13.8. The lowest BCUT2D eigenvalue weighted by molar-refractivity contribution is 0.328. The highest BCUT2D eigenvalue weighted by Gasteiger charge is 2.31. The van der Waals surface area contributed by atoms with E-state index in [0.717, 1.165) is 27.1 Å². The predicted octanol–water partition coefficient (Wildman–Crippen LogP) is 4.42. The van der Waals surface area contributed by atoms with Crippen LogP contribution in [-0.4, -0.2) is 23.6 Å². The molecule has 0 bridgehead atoms. The number of aliphatic imine (C=N–C) groups is 1. The monoisotopic (exact) mass is 388 g/mol. The highest BCUT2D eigenvalue weighted by molar-refractivity contribution is 9.10. The minimum absolute atomic E-state index is 0.0174. The normalized spacial score (nSPS) is 19.7. The molecule has 0 saturated heterocycles. The second kappa shape index (κ2) is 6.57. The van der Waals surface area contributed by atoms with Gasteiger partial charge < -0.3 is 9.84 Å². The van der Waals surface area contributed by atoms with E-state index in [-0.39, 0.29) is 6.04 Å². The molecule has 0 amide bonds. The van der Waals surface area contributed by atoms with E-state index in [0.29, 0.717) is 12.2 Å². The molecule has 1 heterocycles. The number of halogens is 1. The van der Waals surface area contributed by atoms with Crippen molar-refractivity contribution in [1.29, 1.82) is 0 Å². The van der Waals surface area contributed by atoms with E-state index < -0.39 is 5.66 Å². The van der Waals surface area contributed by atoms with Crippen LogP contribution in [0.4, 0.5) is 0 Å². The molecular formula is C19H21BrN2O2. The number of phenolic OH excluding ortho intramolecular Hbond substituents is 1. The Bertz CT molecular complexity index is 787. The van der Waals surface area contributed by atoms with E-state index in [4.69, 9.17) is 9.73 Å². The third kappa shape index (κ3) is 3.62. The smallest absolute Gasteiger partial charge is 0.120 e. The van der Waals surface area contributed by atoms with E-state index >= 15 is 0 Å². The topological polar surface area (TPSA) is 53.8 Å². The Morgan fingerprint density at radius 1 is 1.25 bits per heavy atom. The van der Waals surface area contributed by atoms with Crippen molar-refractivity contribution in [3.63, 3.8) is 0 Å². The molecule has 0 radical (unpaired) electrons. The van der Waals surface area contributed by atoms with E-state index in [1.54, 1.807) is 13.2 Å². The molecule has 24 heavy (non-hydrogen) atoms. The summed E-state index contributed by atoms with van der Waals surface area (Å²) in [5.74, 6) is 1.10. The van der Waals surface area contributed by atoms with Crippen LogP contribution in [0.1, 0.15) is 37.4 Å². The van der Waals surface area contributed by atoms with Gasteiger partial charge in [-0.05, 0) is 49.7 Å². The van der Waals surface area contributed by atoms with Crippen molar-refractivity contribution >= 4 is 21.6 Å². The Hall–Kier alpha value is -1.85. The van der Waals surface area contributed by atoms with Crippen LogP contribution in [0.2, 0.25) is 0 Å². The van der Waals surface area contributed by atoms with Gasteiger partial charge in [-0.3, -0.25) is 10.3 Å². The van der Waals surface area contributed by atoms with Gasteiger partial charge in [-0.2, -0.15) is 0 Å². The first-order valence-corrected chi connectivity index (χ1v) is 8.66. The van der Waals surface area contributed by atoms with Gasteiger partial charge in [0.2, 0.25) is 0 Å². The Balaban J connectivity index is 1.99. The third-order valence-corrected chi connectivity index (χ3v) is 4.60. The highest BCUT2D eigenvalue weighted by Crippen LogP contribution is 2.35. The summed E-state index contributed by atoms with van der Waals surface area (Å²) in [4.78, 5) is 4.84. The number of aromatic hydroxyl groups is 1. The van der Waals surface area contributed by atoms with Crippen LogP contribution in [0.3, 0.4) is 0 Å². The molecule has 0 aliphatic carbocycles. The molecule has 1 aliphatic heterocycles. The van der Waals surface area contributed by atoms with Gasteiger partial charge in [0, 0.05) is 28.2 Å². The zero-order chi connectivity index (χ0) is 17.3. The Labute approximate surface area is 150 Å². The summed E-state index contributed by atoms with van der Waals surface area (Å²) < 4.78 is 6.27. The highest BCUT2D eigenvalue weighted by atomic mass is 79.9. The van der Waals surface area contributed by atoms with E-state index in [2.05, 4.69) is 21.2 Å². The van der Waals surface area contributed by atoms with Crippen LogP contribution in [0, 0.1) is 0 Å². The molecule has 3 rings (SSSR count). The van der Waals surface area contributed by atoms with Gasteiger partial charge in [0.05, 0.1) is 7.11 Å². The number of benzene rings is 2. The number of rotatable bonds is 3. The molecule has 5 heteroatoms. The fourth-order valence-corrected chi connectivity index (χ4v) is 3.44. The van der Waals surface area contributed by atoms with Crippen molar-refractivity contribution in [2.75, 3.05) is 7.11 Å². The van der Waals surface area contributed by atoms with Crippen LogP contribution < -0.4 is 10.1 Å². The average molecular weight is 389 g/mol. The number of ether oxygens (including phenoxy) is 1. The number of methoxy groups -OCH3 is 1. The molecule has 0 saturated carbocycles. The first kappa shape index (κ1) is 17.0.